The average molecular weight is 288 g/mol. The molecule has 108 valence electrons. The number of rotatable bonds is 2. The molecule has 1 fully saturated rings. The van der Waals surface area contributed by atoms with Crippen molar-refractivity contribution in [3.8, 4) is 11.1 Å². The molecule has 2 aromatic rings. The predicted octanol–water partition coefficient (Wildman–Crippen LogP) is 4.26. The summed E-state index contributed by atoms with van der Waals surface area (Å²) in [4.78, 5) is 11.4. The second-order valence-electron chi connectivity index (χ2n) is 5.31. The third-order valence-electron chi connectivity index (χ3n) is 3.75. The first-order valence-corrected chi connectivity index (χ1v) is 6.80. The number of hydrogen-bond acceptors (Lipinski definition) is 2. The fourth-order valence-electron chi connectivity index (χ4n) is 2.53. The highest BCUT2D eigenvalue weighted by Gasteiger charge is 2.31. The number of carbonyl (C=O) groups is 1. The van der Waals surface area contributed by atoms with Gasteiger partial charge in [-0.2, -0.15) is 0 Å². The summed E-state index contributed by atoms with van der Waals surface area (Å²) in [6.45, 7) is 1.84. The maximum absolute atomic E-state index is 13.7. The fraction of sp³-hybridized carbons (Fsp3) is 0.235. The van der Waals surface area contributed by atoms with Crippen molar-refractivity contribution in [2.24, 2.45) is 5.92 Å². The summed E-state index contributed by atoms with van der Waals surface area (Å²) < 4.78 is 31.9. The van der Waals surface area contributed by atoms with Gasteiger partial charge in [0.1, 0.15) is 17.7 Å². The molecule has 0 N–H and O–H groups in total. The lowest BCUT2D eigenvalue weighted by Gasteiger charge is -2.10. The Balaban J connectivity index is 1.86. The zero-order chi connectivity index (χ0) is 15.0. The number of carbonyl (C=O) groups excluding carboxylic acids is 1. The number of hydrogen-bond donors (Lipinski definition) is 0. The van der Waals surface area contributed by atoms with Crippen molar-refractivity contribution in [3.05, 3.63) is 59.7 Å². The van der Waals surface area contributed by atoms with E-state index in [-0.39, 0.29) is 18.0 Å². The third-order valence-corrected chi connectivity index (χ3v) is 3.75. The standard InChI is InChI=1S/C17H14F2O2/c1-10-8-16(21-17(10)20)12-4-2-11(3-5-12)14-7-6-13(18)9-15(14)19/h2-7,9-10,16H,8H2,1H3/t10-,16+/m1/s1. The van der Waals surface area contributed by atoms with Gasteiger partial charge >= 0.3 is 5.97 Å². The van der Waals surface area contributed by atoms with Gasteiger partial charge in [-0.1, -0.05) is 31.2 Å². The van der Waals surface area contributed by atoms with E-state index in [4.69, 9.17) is 4.74 Å². The quantitative estimate of drug-likeness (QED) is 0.772. The average Bonchev–Trinajstić information content (AvgIpc) is 2.79. The van der Waals surface area contributed by atoms with E-state index < -0.39 is 11.6 Å². The highest BCUT2D eigenvalue weighted by atomic mass is 19.1. The first-order chi connectivity index (χ1) is 10.0. The minimum atomic E-state index is -0.597. The molecule has 0 saturated carbocycles. The van der Waals surface area contributed by atoms with E-state index >= 15 is 0 Å². The first-order valence-electron chi connectivity index (χ1n) is 6.80. The number of benzene rings is 2. The Hall–Kier alpha value is -2.23. The van der Waals surface area contributed by atoms with E-state index in [1.165, 1.54) is 12.1 Å². The molecular formula is C17H14F2O2. The normalized spacial score (nSPS) is 21.4. The van der Waals surface area contributed by atoms with Crippen LogP contribution in [0.3, 0.4) is 0 Å². The van der Waals surface area contributed by atoms with E-state index in [9.17, 15) is 13.6 Å². The van der Waals surface area contributed by atoms with Crippen LogP contribution in [-0.2, 0) is 9.53 Å². The van der Waals surface area contributed by atoms with Gasteiger partial charge in [0, 0.05) is 18.1 Å². The molecule has 3 rings (SSSR count). The Kier molecular flexibility index (Phi) is 3.45. The highest BCUT2D eigenvalue weighted by molar-refractivity contribution is 5.74. The minimum absolute atomic E-state index is 0.0933. The van der Waals surface area contributed by atoms with Crippen molar-refractivity contribution in [3.63, 3.8) is 0 Å². The molecule has 2 aromatic carbocycles. The van der Waals surface area contributed by atoms with E-state index in [0.717, 1.165) is 11.6 Å². The van der Waals surface area contributed by atoms with Crippen LogP contribution >= 0.6 is 0 Å². The van der Waals surface area contributed by atoms with Crippen LogP contribution < -0.4 is 0 Å². The molecule has 0 aromatic heterocycles. The topological polar surface area (TPSA) is 26.3 Å². The van der Waals surface area contributed by atoms with Gasteiger partial charge in [-0.05, 0) is 23.3 Å². The van der Waals surface area contributed by atoms with Crippen molar-refractivity contribution in [2.45, 2.75) is 19.4 Å². The Bertz CT molecular complexity index is 680. The molecule has 0 bridgehead atoms. The molecule has 1 aliphatic rings. The molecule has 21 heavy (non-hydrogen) atoms. The van der Waals surface area contributed by atoms with Gasteiger partial charge < -0.3 is 4.74 Å². The van der Waals surface area contributed by atoms with Crippen molar-refractivity contribution in [1.82, 2.24) is 0 Å². The Morgan fingerprint density at radius 2 is 1.81 bits per heavy atom. The van der Waals surface area contributed by atoms with E-state index in [0.29, 0.717) is 17.5 Å². The van der Waals surface area contributed by atoms with Crippen LogP contribution in [-0.4, -0.2) is 5.97 Å². The van der Waals surface area contributed by atoms with E-state index in [2.05, 4.69) is 0 Å². The number of cyclic esters (lactones) is 1. The second-order valence-corrected chi connectivity index (χ2v) is 5.31. The number of halogens is 2. The Labute approximate surface area is 121 Å². The van der Waals surface area contributed by atoms with Gasteiger partial charge in [-0.15, -0.1) is 0 Å². The van der Waals surface area contributed by atoms with Crippen LogP contribution in [0.25, 0.3) is 11.1 Å². The van der Waals surface area contributed by atoms with Gasteiger partial charge in [0.15, 0.2) is 0 Å². The van der Waals surface area contributed by atoms with Crippen molar-refractivity contribution in [1.29, 1.82) is 0 Å². The molecular weight excluding hydrogens is 274 g/mol. The number of ether oxygens (including phenoxy) is 1. The summed E-state index contributed by atoms with van der Waals surface area (Å²) in [5.41, 5.74) is 1.90. The zero-order valence-corrected chi connectivity index (χ0v) is 11.5. The van der Waals surface area contributed by atoms with Crippen molar-refractivity contribution < 1.29 is 18.3 Å². The first kappa shape index (κ1) is 13.7. The molecule has 0 amide bonds. The van der Waals surface area contributed by atoms with Crippen LogP contribution in [0.4, 0.5) is 8.78 Å². The lowest BCUT2D eigenvalue weighted by atomic mass is 9.98. The summed E-state index contributed by atoms with van der Waals surface area (Å²) >= 11 is 0. The van der Waals surface area contributed by atoms with Crippen LogP contribution in [0.2, 0.25) is 0 Å². The molecule has 0 aliphatic carbocycles. The van der Waals surface area contributed by atoms with Crippen LogP contribution in [0, 0.1) is 17.6 Å². The molecule has 2 nitrogen and oxygen atoms in total. The molecule has 0 unspecified atom stereocenters. The molecule has 4 heteroatoms. The molecule has 0 spiro atoms. The maximum Gasteiger partial charge on any atom is 0.309 e. The summed E-state index contributed by atoms with van der Waals surface area (Å²) in [7, 11) is 0. The fourth-order valence-corrected chi connectivity index (χ4v) is 2.53. The van der Waals surface area contributed by atoms with Crippen molar-refractivity contribution in [2.75, 3.05) is 0 Å². The lowest BCUT2D eigenvalue weighted by molar-refractivity contribution is -0.144. The largest absolute Gasteiger partial charge is 0.457 e. The van der Waals surface area contributed by atoms with Gasteiger partial charge in [-0.3, -0.25) is 4.79 Å². The summed E-state index contributed by atoms with van der Waals surface area (Å²) in [6, 6.07) is 10.6. The smallest absolute Gasteiger partial charge is 0.309 e. The Morgan fingerprint density at radius 1 is 1.10 bits per heavy atom. The predicted molar refractivity (Wildman–Crippen MR) is 74.4 cm³/mol. The van der Waals surface area contributed by atoms with Gasteiger partial charge in [0.25, 0.3) is 0 Å². The molecule has 1 heterocycles. The van der Waals surface area contributed by atoms with Gasteiger partial charge in [0.05, 0.1) is 5.92 Å². The van der Waals surface area contributed by atoms with Crippen LogP contribution in [0.5, 0.6) is 0 Å². The summed E-state index contributed by atoms with van der Waals surface area (Å²) in [5.74, 6) is -1.47. The van der Waals surface area contributed by atoms with Gasteiger partial charge in [-0.25, -0.2) is 8.78 Å². The lowest BCUT2D eigenvalue weighted by Crippen LogP contribution is -2.01. The molecule has 0 radical (unpaired) electrons. The monoisotopic (exact) mass is 288 g/mol. The maximum atomic E-state index is 13.7. The third kappa shape index (κ3) is 2.66. The summed E-state index contributed by atoms with van der Waals surface area (Å²) in [6.07, 6.45) is 0.419. The highest BCUT2D eigenvalue weighted by Crippen LogP contribution is 2.34. The van der Waals surface area contributed by atoms with E-state index in [1.807, 2.05) is 19.1 Å². The van der Waals surface area contributed by atoms with Crippen LogP contribution in [0.1, 0.15) is 25.0 Å². The van der Waals surface area contributed by atoms with E-state index in [1.54, 1.807) is 12.1 Å². The zero-order valence-electron chi connectivity index (χ0n) is 11.5. The molecule has 1 saturated heterocycles. The minimum Gasteiger partial charge on any atom is -0.457 e. The summed E-state index contributed by atoms with van der Waals surface area (Å²) in [5, 5.41) is 0. The molecule has 1 aliphatic heterocycles. The second kappa shape index (κ2) is 5.28. The SMILES string of the molecule is C[C@@H]1C[C@@H](c2ccc(-c3ccc(F)cc3F)cc2)OC1=O. The van der Waals surface area contributed by atoms with Gasteiger partial charge in [0.2, 0.25) is 0 Å². The van der Waals surface area contributed by atoms with Crippen LogP contribution in [0.15, 0.2) is 42.5 Å². The molecule has 2 atom stereocenters. The van der Waals surface area contributed by atoms with Crippen molar-refractivity contribution >= 4 is 5.97 Å². The number of esters is 1. The Morgan fingerprint density at radius 3 is 2.38 bits per heavy atom.